The maximum Gasteiger partial charge on any atom is 0.339 e. The van der Waals surface area contributed by atoms with Gasteiger partial charge >= 0.3 is 11.9 Å². The Kier molecular flexibility index (Phi) is 7.27. The molecule has 1 rings (SSSR count). The van der Waals surface area contributed by atoms with Gasteiger partial charge in [-0.15, -0.1) is 0 Å². The molecule has 4 nitrogen and oxygen atoms in total. The lowest BCUT2D eigenvalue weighted by atomic mass is 9.86. The number of rotatable bonds is 7. The molecule has 0 saturated heterocycles. The Balaban J connectivity index is 3.17. The van der Waals surface area contributed by atoms with Crippen LogP contribution < -0.4 is 0 Å². The third-order valence-electron chi connectivity index (χ3n) is 4.05. The second kappa shape index (κ2) is 8.52. The first-order valence-electron chi connectivity index (χ1n) is 8.38. The summed E-state index contributed by atoms with van der Waals surface area (Å²) in [6.45, 7) is 9.97. The lowest BCUT2D eigenvalue weighted by Gasteiger charge is -2.30. The molecule has 1 aromatic carbocycles. The molecule has 0 aromatic heterocycles. The molecule has 0 aliphatic carbocycles. The monoisotopic (exact) mass is 354 g/mol. The van der Waals surface area contributed by atoms with E-state index in [1.54, 1.807) is 0 Å². The number of esters is 1. The van der Waals surface area contributed by atoms with Gasteiger partial charge in [0.25, 0.3) is 0 Å². The molecule has 0 spiro atoms. The van der Waals surface area contributed by atoms with Crippen molar-refractivity contribution >= 4 is 23.5 Å². The normalized spacial score (nSPS) is 12.8. The SMILES string of the molecule is CCCCC(OC(=O)c1cc(Cl)c(CC)cc1C(=O)O)C(C)(C)C. The Morgan fingerprint density at radius 2 is 1.83 bits per heavy atom. The number of hydrogen-bond acceptors (Lipinski definition) is 3. The van der Waals surface area contributed by atoms with Gasteiger partial charge in [0.2, 0.25) is 0 Å². The van der Waals surface area contributed by atoms with Gasteiger partial charge in [0, 0.05) is 5.02 Å². The predicted molar refractivity (Wildman–Crippen MR) is 96.0 cm³/mol. The summed E-state index contributed by atoms with van der Waals surface area (Å²) in [5, 5.41) is 9.79. The van der Waals surface area contributed by atoms with Gasteiger partial charge in [0.05, 0.1) is 11.1 Å². The van der Waals surface area contributed by atoms with Crippen LogP contribution in [0.15, 0.2) is 12.1 Å². The van der Waals surface area contributed by atoms with Gasteiger partial charge in [-0.2, -0.15) is 0 Å². The van der Waals surface area contributed by atoms with E-state index in [2.05, 4.69) is 6.92 Å². The predicted octanol–water partition coefficient (Wildman–Crippen LogP) is 5.36. The Bertz CT molecular complexity index is 602. The van der Waals surface area contributed by atoms with Crippen molar-refractivity contribution in [1.29, 1.82) is 0 Å². The number of benzene rings is 1. The molecule has 0 amide bonds. The third kappa shape index (κ3) is 5.23. The summed E-state index contributed by atoms with van der Waals surface area (Å²) in [4.78, 5) is 24.1. The fraction of sp³-hybridized carbons (Fsp3) is 0.579. The molecule has 1 aromatic rings. The molecule has 0 saturated carbocycles. The van der Waals surface area contributed by atoms with Crippen LogP contribution in [0, 0.1) is 5.41 Å². The van der Waals surface area contributed by atoms with Crippen molar-refractivity contribution in [2.75, 3.05) is 0 Å². The molecule has 0 heterocycles. The van der Waals surface area contributed by atoms with Crippen LogP contribution in [-0.2, 0) is 11.2 Å². The summed E-state index contributed by atoms with van der Waals surface area (Å²) in [6, 6.07) is 2.87. The highest BCUT2D eigenvalue weighted by atomic mass is 35.5. The summed E-state index contributed by atoms with van der Waals surface area (Å²) >= 11 is 6.16. The molecule has 1 atom stereocenters. The number of unbranched alkanes of at least 4 members (excludes halogenated alkanes) is 1. The van der Waals surface area contributed by atoms with Gasteiger partial charge in [-0.25, -0.2) is 9.59 Å². The first kappa shape index (κ1) is 20.5. The van der Waals surface area contributed by atoms with E-state index in [1.165, 1.54) is 12.1 Å². The van der Waals surface area contributed by atoms with E-state index >= 15 is 0 Å². The average molecular weight is 355 g/mol. The van der Waals surface area contributed by atoms with Crippen molar-refractivity contribution in [2.24, 2.45) is 5.41 Å². The fourth-order valence-electron chi connectivity index (χ4n) is 2.49. The van der Waals surface area contributed by atoms with Crippen LogP contribution >= 0.6 is 11.6 Å². The molecule has 0 radical (unpaired) electrons. The largest absolute Gasteiger partial charge is 0.478 e. The molecular weight excluding hydrogens is 328 g/mol. The zero-order chi connectivity index (χ0) is 18.5. The van der Waals surface area contributed by atoms with Crippen LogP contribution in [0.3, 0.4) is 0 Å². The summed E-state index contributed by atoms with van der Waals surface area (Å²) in [6.07, 6.45) is 3.00. The summed E-state index contributed by atoms with van der Waals surface area (Å²) in [7, 11) is 0. The number of carboxylic acids is 1. The Hall–Kier alpha value is -1.55. The smallest absolute Gasteiger partial charge is 0.339 e. The minimum absolute atomic E-state index is 0.00967. The van der Waals surface area contributed by atoms with E-state index in [9.17, 15) is 14.7 Å². The van der Waals surface area contributed by atoms with Crippen LogP contribution in [0.5, 0.6) is 0 Å². The van der Waals surface area contributed by atoms with Crippen LogP contribution in [0.25, 0.3) is 0 Å². The molecule has 0 fully saturated rings. The molecule has 0 bridgehead atoms. The summed E-state index contributed by atoms with van der Waals surface area (Å²) in [5.74, 6) is -1.79. The number of aryl methyl sites for hydroxylation is 1. The van der Waals surface area contributed by atoms with E-state index in [-0.39, 0.29) is 22.6 Å². The van der Waals surface area contributed by atoms with Crippen molar-refractivity contribution < 1.29 is 19.4 Å². The molecule has 1 N–H and O–H groups in total. The van der Waals surface area contributed by atoms with Crippen molar-refractivity contribution in [2.45, 2.75) is 66.4 Å². The molecule has 24 heavy (non-hydrogen) atoms. The average Bonchev–Trinajstić information content (AvgIpc) is 2.49. The van der Waals surface area contributed by atoms with Gasteiger partial charge in [-0.3, -0.25) is 0 Å². The van der Waals surface area contributed by atoms with E-state index in [4.69, 9.17) is 16.3 Å². The molecule has 0 aliphatic rings. The number of ether oxygens (including phenoxy) is 1. The van der Waals surface area contributed by atoms with E-state index in [1.807, 2.05) is 27.7 Å². The number of carbonyl (C=O) groups excluding carboxylic acids is 1. The molecular formula is C19H27ClO4. The van der Waals surface area contributed by atoms with Gasteiger partial charge in [0.15, 0.2) is 0 Å². The minimum atomic E-state index is -1.16. The summed E-state index contributed by atoms with van der Waals surface area (Å²) in [5.41, 5.74) is 0.422. The quantitative estimate of drug-likeness (QED) is 0.669. The molecule has 0 aliphatic heterocycles. The van der Waals surface area contributed by atoms with E-state index < -0.39 is 11.9 Å². The Morgan fingerprint density at radius 1 is 1.21 bits per heavy atom. The number of carboxylic acid groups (broad SMARTS) is 1. The highest BCUT2D eigenvalue weighted by Crippen LogP contribution is 2.29. The maximum absolute atomic E-state index is 12.6. The summed E-state index contributed by atoms with van der Waals surface area (Å²) < 4.78 is 5.66. The lowest BCUT2D eigenvalue weighted by Crippen LogP contribution is -2.32. The zero-order valence-electron chi connectivity index (χ0n) is 15.1. The van der Waals surface area contributed by atoms with E-state index in [0.29, 0.717) is 17.0 Å². The maximum atomic E-state index is 12.6. The van der Waals surface area contributed by atoms with Gasteiger partial charge in [-0.1, -0.05) is 59.1 Å². The van der Waals surface area contributed by atoms with Crippen LogP contribution in [0.1, 0.15) is 80.2 Å². The first-order valence-corrected chi connectivity index (χ1v) is 8.76. The fourth-order valence-corrected chi connectivity index (χ4v) is 2.78. The van der Waals surface area contributed by atoms with Crippen LogP contribution in [0.2, 0.25) is 5.02 Å². The van der Waals surface area contributed by atoms with Crippen molar-refractivity contribution in [1.82, 2.24) is 0 Å². The minimum Gasteiger partial charge on any atom is -0.478 e. The van der Waals surface area contributed by atoms with Gasteiger partial charge < -0.3 is 9.84 Å². The number of hydrogen-bond donors (Lipinski definition) is 1. The van der Waals surface area contributed by atoms with E-state index in [0.717, 1.165) is 19.3 Å². The van der Waals surface area contributed by atoms with Crippen LogP contribution in [0.4, 0.5) is 0 Å². The van der Waals surface area contributed by atoms with Gasteiger partial charge in [-0.05, 0) is 36.0 Å². The second-order valence-corrected chi connectivity index (χ2v) is 7.46. The Morgan fingerprint density at radius 3 is 2.29 bits per heavy atom. The van der Waals surface area contributed by atoms with Crippen molar-refractivity contribution in [3.05, 3.63) is 33.8 Å². The standard InChI is InChI=1S/C19H27ClO4/c1-6-8-9-16(19(3,4)5)24-18(23)14-11-15(20)12(7-2)10-13(14)17(21)22/h10-11,16H,6-9H2,1-5H3,(H,21,22). The van der Waals surface area contributed by atoms with Gasteiger partial charge in [0.1, 0.15) is 6.10 Å². The molecule has 5 heteroatoms. The lowest BCUT2D eigenvalue weighted by molar-refractivity contribution is -0.00696. The third-order valence-corrected chi connectivity index (χ3v) is 4.40. The van der Waals surface area contributed by atoms with Crippen molar-refractivity contribution in [3.63, 3.8) is 0 Å². The highest BCUT2D eigenvalue weighted by Gasteiger charge is 2.30. The molecule has 1 unspecified atom stereocenters. The number of carbonyl (C=O) groups is 2. The first-order chi connectivity index (χ1) is 11.1. The molecule has 134 valence electrons. The highest BCUT2D eigenvalue weighted by molar-refractivity contribution is 6.32. The van der Waals surface area contributed by atoms with Crippen molar-refractivity contribution in [3.8, 4) is 0 Å². The number of aromatic carboxylic acids is 1. The van der Waals surface area contributed by atoms with Crippen LogP contribution in [-0.4, -0.2) is 23.1 Å². The topological polar surface area (TPSA) is 63.6 Å². The zero-order valence-corrected chi connectivity index (χ0v) is 15.9. The number of halogens is 1. The second-order valence-electron chi connectivity index (χ2n) is 7.05. The Labute approximate surface area is 149 Å².